The molecule has 1 amide bonds. The SMILES string of the molecule is CC(C)Sc1ccccc1C(=O)NCCCc1ccccc1Cl. The second-order valence-corrected chi connectivity index (χ2v) is 7.64. The van der Waals surface area contributed by atoms with Crippen molar-refractivity contribution in [2.75, 3.05) is 6.54 Å². The normalized spacial score (nSPS) is 10.8. The van der Waals surface area contributed by atoms with E-state index in [-0.39, 0.29) is 5.91 Å². The van der Waals surface area contributed by atoms with Gasteiger partial charge in [-0.05, 0) is 36.6 Å². The highest BCUT2D eigenvalue weighted by Gasteiger charge is 2.11. The van der Waals surface area contributed by atoms with Crippen LogP contribution in [0.1, 0.15) is 36.2 Å². The molecule has 0 aliphatic carbocycles. The minimum Gasteiger partial charge on any atom is -0.352 e. The first-order valence-corrected chi connectivity index (χ1v) is 9.11. The molecule has 1 N–H and O–H groups in total. The van der Waals surface area contributed by atoms with E-state index < -0.39 is 0 Å². The number of benzene rings is 2. The van der Waals surface area contributed by atoms with Crippen LogP contribution in [0.5, 0.6) is 0 Å². The van der Waals surface area contributed by atoms with E-state index in [1.165, 1.54) is 0 Å². The summed E-state index contributed by atoms with van der Waals surface area (Å²) in [4.78, 5) is 13.4. The minimum absolute atomic E-state index is 0.00657. The maximum atomic E-state index is 12.4. The van der Waals surface area contributed by atoms with E-state index in [2.05, 4.69) is 19.2 Å². The average molecular weight is 348 g/mol. The van der Waals surface area contributed by atoms with Gasteiger partial charge < -0.3 is 5.32 Å². The number of nitrogens with one attached hydrogen (secondary N) is 1. The highest BCUT2D eigenvalue weighted by Crippen LogP contribution is 2.26. The Balaban J connectivity index is 1.87. The van der Waals surface area contributed by atoms with Gasteiger partial charge in [0.05, 0.1) is 5.56 Å². The highest BCUT2D eigenvalue weighted by molar-refractivity contribution is 8.00. The van der Waals surface area contributed by atoms with E-state index >= 15 is 0 Å². The molecule has 2 rings (SSSR count). The van der Waals surface area contributed by atoms with Crippen molar-refractivity contribution in [2.45, 2.75) is 36.8 Å². The first kappa shape index (κ1) is 17.9. The van der Waals surface area contributed by atoms with E-state index in [4.69, 9.17) is 11.6 Å². The topological polar surface area (TPSA) is 29.1 Å². The molecular weight excluding hydrogens is 326 g/mol. The number of aryl methyl sites for hydroxylation is 1. The van der Waals surface area contributed by atoms with Crippen molar-refractivity contribution >= 4 is 29.3 Å². The van der Waals surface area contributed by atoms with Gasteiger partial charge in [-0.1, -0.05) is 55.8 Å². The van der Waals surface area contributed by atoms with Gasteiger partial charge in [-0.3, -0.25) is 4.79 Å². The van der Waals surface area contributed by atoms with Gasteiger partial charge in [0, 0.05) is 21.7 Å². The predicted molar refractivity (Wildman–Crippen MR) is 99.5 cm³/mol. The highest BCUT2D eigenvalue weighted by atomic mass is 35.5. The van der Waals surface area contributed by atoms with Gasteiger partial charge in [-0.25, -0.2) is 0 Å². The van der Waals surface area contributed by atoms with Crippen molar-refractivity contribution in [1.29, 1.82) is 0 Å². The molecule has 122 valence electrons. The number of thioether (sulfide) groups is 1. The molecule has 0 unspecified atom stereocenters. The first-order chi connectivity index (χ1) is 11.1. The molecule has 0 saturated carbocycles. The Hall–Kier alpha value is -1.45. The number of hydrogen-bond acceptors (Lipinski definition) is 2. The van der Waals surface area contributed by atoms with E-state index in [0.717, 1.165) is 33.9 Å². The Morgan fingerprint density at radius 2 is 1.83 bits per heavy atom. The van der Waals surface area contributed by atoms with E-state index in [1.54, 1.807) is 11.8 Å². The van der Waals surface area contributed by atoms with Crippen LogP contribution in [-0.2, 0) is 6.42 Å². The fourth-order valence-electron chi connectivity index (χ4n) is 2.29. The molecule has 2 nitrogen and oxygen atoms in total. The Morgan fingerprint density at radius 3 is 2.57 bits per heavy atom. The van der Waals surface area contributed by atoms with Crippen molar-refractivity contribution in [3.63, 3.8) is 0 Å². The first-order valence-electron chi connectivity index (χ1n) is 7.85. The Morgan fingerprint density at radius 1 is 1.13 bits per heavy atom. The molecule has 23 heavy (non-hydrogen) atoms. The van der Waals surface area contributed by atoms with Crippen molar-refractivity contribution in [3.05, 3.63) is 64.7 Å². The molecule has 0 saturated heterocycles. The maximum absolute atomic E-state index is 12.4. The Labute approximate surface area is 147 Å². The van der Waals surface area contributed by atoms with Crippen LogP contribution in [0, 0.1) is 0 Å². The Kier molecular flexibility index (Phi) is 7.00. The van der Waals surface area contributed by atoms with E-state index in [0.29, 0.717) is 11.8 Å². The van der Waals surface area contributed by atoms with Gasteiger partial charge in [-0.2, -0.15) is 0 Å². The largest absolute Gasteiger partial charge is 0.352 e. The third-order valence-electron chi connectivity index (χ3n) is 3.36. The van der Waals surface area contributed by atoms with Crippen LogP contribution in [0.2, 0.25) is 5.02 Å². The molecule has 0 fully saturated rings. The molecule has 0 aliphatic heterocycles. The van der Waals surface area contributed by atoms with E-state index in [1.807, 2.05) is 48.5 Å². The van der Waals surface area contributed by atoms with Crippen LogP contribution < -0.4 is 5.32 Å². The van der Waals surface area contributed by atoms with Crippen LogP contribution in [0.4, 0.5) is 0 Å². The number of carbonyl (C=O) groups excluding carboxylic acids is 1. The summed E-state index contributed by atoms with van der Waals surface area (Å²) in [6.07, 6.45) is 1.73. The van der Waals surface area contributed by atoms with Gasteiger partial charge in [0.1, 0.15) is 0 Å². The number of hydrogen-bond donors (Lipinski definition) is 1. The molecule has 0 radical (unpaired) electrons. The lowest BCUT2D eigenvalue weighted by Gasteiger charge is -2.11. The summed E-state index contributed by atoms with van der Waals surface area (Å²) in [5.74, 6) is -0.00657. The molecule has 0 atom stereocenters. The quantitative estimate of drug-likeness (QED) is 0.550. The van der Waals surface area contributed by atoms with Crippen molar-refractivity contribution in [1.82, 2.24) is 5.32 Å². The molecule has 2 aromatic carbocycles. The molecule has 0 aliphatic rings. The van der Waals surface area contributed by atoms with Gasteiger partial charge in [0.15, 0.2) is 0 Å². The molecule has 0 aromatic heterocycles. The van der Waals surface area contributed by atoms with Crippen LogP contribution in [0.15, 0.2) is 53.4 Å². The molecule has 4 heteroatoms. The maximum Gasteiger partial charge on any atom is 0.252 e. The zero-order valence-electron chi connectivity index (χ0n) is 13.5. The van der Waals surface area contributed by atoms with Gasteiger partial charge in [0.2, 0.25) is 0 Å². The van der Waals surface area contributed by atoms with Gasteiger partial charge in [0.25, 0.3) is 5.91 Å². The fraction of sp³-hybridized carbons (Fsp3) is 0.316. The summed E-state index contributed by atoms with van der Waals surface area (Å²) in [6, 6.07) is 15.6. The van der Waals surface area contributed by atoms with Crippen molar-refractivity contribution in [3.8, 4) is 0 Å². The number of halogens is 1. The van der Waals surface area contributed by atoms with Crippen LogP contribution in [-0.4, -0.2) is 17.7 Å². The Bertz CT molecular complexity index is 657. The summed E-state index contributed by atoms with van der Waals surface area (Å²) in [5, 5.41) is 4.24. The standard InChI is InChI=1S/C19H22ClNOS/c1-14(2)23-18-12-6-4-10-16(18)19(22)21-13-7-9-15-8-3-5-11-17(15)20/h3-6,8,10-12,14H,7,9,13H2,1-2H3,(H,21,22). The van der Waals surface area contributed by atoms with Crippen LogP contribution in [0.25, 0.3) is 0 Å². The van der Waals surface area contributed by atoms with Gasteiger partial charge in [-0.15, -0.1) is 11.8 Å². The summed E-state index contributed by atoms with van der Waals surface area (Å²) in [7, 11) is 0. The van der Waals surface area contributed by atoms with Crippen molar-refractivity contribution < 1.29 is 4.79 Å². The van der Waals surface area contributed by atoms with Crippen LogP contribution in [0.3, 0.4) is 0 Å². The summed E-state index contributed by atoms with van der Waals surface area (Å²) >= 11 is 7.85. The molecule has 0 heterocycles. The zero-order valence-corrected chi connectivity index (χ0v) is 15.1. The molecule has 0 bridgehead atoms. The molecular formula is C19H22ClNOS. The van der Waals surface area contributed by atoms with E-state index in [9.17, 15) is 4.79 Å². The second-order valence-electron chi connectivity index (χ2n) is 5.61. The van der Waals surface area contributed by atoms with Crippen LogP contribution >= 0.6 is 23.4 Å². The minimum atomic E-state index is -0.00657. The summed E-state index contributed by atoms with van der Waals surface area (Å²) < 4.78 is 0. The fourth-order valence-corrected chi connectivity index (χ4v) is 3.47. The average Bonchev–Trinajstić information content (AvgIpc) is 2.53. The third-order valence-corrected chi connectivity index (χ3v) is 4.81. The predicted octanol–water partition coefficient (Wildman–Crippen LogP) is 5.20. The summed E-state index contributed by atoms with van der Waals surface area (Å²) in [6.45, 7) is 4.90. The second kappa shape index (κ2) is 8.99. The molecule has 0 spiro atoms. The third kappa shape index (κ3) is 5.60. The molecule has 2 aromatic rings. The lowest BCUT2D eigenvalue weighted by atomic mass is 10.1. The summed E-state index contributed by atoms with van der Waals surface area (Å²) in [5.41, 5.74) is 1.88. The number of carbonyl (C=O) groups is 1. The lowest BCUT2D eigenvalue weighted by Crippen LogP contribution is -2.25. The number of rotatable bonds is 7. The smallest absolute Gasteiger partial charge is 0.252 e. The van der Waals surface area contributed by atoms with Crippen molar-refractivity contribution in [2.24, 2.45) is 0 Å². The zero-order chi connectivity index (χ0) is 16.7. The monoisotopic (exact) mass is 347 g/mol. The van der Waals surface area contributed by atoms with Gasteiger partial charge >= 0.3 is 0 Å². The lowest BCUT2D eigenvalue weighted by molar-refractivity contribution is 0.0950. The number of amides is 1.